The molecular weight excluding hydrogens is 304 g/mol. The van der Waals surface area contributed by atoms with Gasteiger partial charge in [-0.1, -0.05) is 72.1 Å². The van der Waals surface area contributed by atoms with E-state index in [1.165, 1.54) is 64.2 Å². The molecule has 1 rings (SSSR count). The second-order valence-electron chi connectivity index (χ2n) is 9.03. The van der Waals surface area contributed by atoms with E-state index < -0.39 is 0 Å². The lowest BCUT2D eigenvalue weighted by atomic mass is 9.75. The topological polar surface area (TPSA) is 6.48 Å². The van der Waals surface area contributed by atoms with Crippen LogP contribution in [0.25, 0.3) is 0 Å². The molecule has 0 N–H and O–H groups in total. The molecule has 0 spiro atoms. The largest absolute Gasteiger partial charge is 0.353 e. The highest BCUT2D eigenvalue weighted by molar-refractivity contribution is 5.05. The third-order valence-corrected chi connectivity index (χ3v) is 5.99. The summed E-state index contributed by atoms with van der Waals surface area (Å²) in [4.78, 5) is 5.25. The van der Waals surface area contributed by atoms with Crippen LogP contribution >= 0.6 is 0 Å². The third kappa shape index (κ3) is 6.53. The average molecular weight is 351 g/mol. The van der Waals surface area contributed by atoms with E-state index in [0.717, 1.165) is 0 Å². The van der Waals surface area contributed by atoms with E-state index in [1.54, 1.807) is 0 Å². The molecule has 0 unspecified atom stereocenters. The molecule has 25 heavy (non-hydrogen) atoms. The van der Waals surface area contributed by atoms with Crippen molar-refractivity contribution in [2.45, 2.75) is 131 Å². The van der Waals surface area contributed by atoms with Crippen LogP contribution in [0.15, 0.2) is 12.4 Å². The molecular formula is C23H46N2. The van der Waals surface area contributed by atoms with Crippen LogP contribution in [0.5, 0.6) is 0 Å². The maximum atomic E-state index is 2.62. The predicted octanol–water partition coefficient (Wildman–Crippen LogP) is 7.17. The summed E-state index contributed by atoms with van der Waals surface area (Å²) in [5.41, 5.74) is 0.375. The first-order valence-electron chi connectivity index (χ1n) is 11.1. The van der Waals surface area contributed by atoms with Crippen molar-refractivity contribution < 1.29 is 0 Å². The quantitative estimate of drug-likeness (QED) is 0.325. The first-order chi connectivity index (χ1) is 11.9. The van der Waals surface area contributed by atoms with E-state index in [2.05, 4.69) is 70.7 Å². The van der Waals surface area contributed by atoms with Gasteiger partial charge in [0.1, 0.15) is 6.17 Å². The van der Waals surface area contributed by atoms with Crippen LogP contribution in [0.3, 0.4) is 0 Å². The van der Waals surface area contributed by atoms with Gasteiger partial charge in [0.2, 0.25) is 0 Å². The van der Waals surface area contributed by atoms with Crippen molar-refractivity contribution in [1.29, 1.82) is 0 Å². The fraction of sp³-hybridized carbons (Fsp3) is 0.913. The normalized spacial score (nSPS) is 16.0. The number of hydrogen-bond donors (Lipinski definition) is 0. The molecule has 1 aliphatic rings. The van der Waals surface area contributed by atoms with Crippen LogP contribution in [0.2, 0.25) is 0 Å². The number of hydrogen-bond acceptors (Lipinski definition) is 2. The number of rotatable bonds is 13. The fourth-order valence-corrected chi connectivity index (χ4v) is 4.39. The van der Waals surface area contributed by atoms with E-state index in [0.29, 0.717) is 23.7 Å². The zero-order chi connectivity index (χ0) is 18.9. The van der Waals surface area contributed by atoms with Gasteiger partial charge in [-0.25, -0.2) is 0 Å². The van der Waals surface area contributed by atoms with E-state index in [4.69, 9.17) is 0 Å². The first-order valence-corrected chi connectivity index (χ1v) is 11.1. The Morgan fingerprint density at radius 1 is 0.720 bits per heavy atom. The molecule has 2 nitrogen and oxygen atoms in total. The molecule has 0 atom stereocenters. The Bertz CT molecular complexity index is 342. The van der Waals surface area contributed by atoms with Gasteiger partial charge in [-0.3, -0.25) is 0 Å². The maximum Gasteiger partial charge on any atom is 0.107 e. The minimum Gasteiger partial charge on any atom is -0.353 e. The summed E-state index contributed by atoms with van der Waals surface area (Å²) < 4.78 is 0. The van der Waals surface area contributed by atoms with E-state index in [-0.39, 0.29) is 0 Å². The molecule has 0 amide bonds. The van der Waals surface area contributed by atoms with Crippen molar-refractivity contribution in [3.63, 3.8) is 0 Å². The van der Waals surface area contributed by atoms with Crippen molar-refractivity contribution in [3.8, 4) is 0 Å². The lowest BCUT2D eigenvalue weighted by molar-refractivity contribution is -0.0145. The van der Waals surface area contributed by atoms with Crippen molar-refractivity contribution in [2.24, 2.45) is 5.41 Å². The van der Waals surface area contributed by atoms with Gasteiger partial charge in [0.05, 0.1) is 0 Å². The van der Waals surface area contributed by atoms with Crippen LogP contribution in [0.4, 0.5) is 0 Å². The van der Waals surface area contributed by atoms with Crippen LogP contribution in [0.1, 0.15) is 113 Å². The van der Waals surface area contributed by atoms with Crippen LogP contribution in [0, 0.1) is 5.41 Å². The first kappa shape index (κ1) is 22.4. The number of unbranched alkanes of at least 4 members (excludes halogenated alkanes) is 6. The van der Waals surface area contributed by atoms with E-state index in [9.17, 15) is 0 Å². The summed E-state index contributed by atoms with van der Waals surface area (Å²) in [5, 5.41) is 0. The Balaban J connectivity index is 2.91. The van der Waals surface area contributed by atoms with Gasteiger partial charge in [-0.05, 0) is 40.5 Å². The van der Waals surface area contributed by atoms with Gasteiger partial charge >= 0.3 is 0 Å². The van der Waals surface area contributed by atoms with Crippen molar-refractivity contribution >= 4 is 0 Å². The van der Waals surface area contributed by atoms with Crippen LogP contribution in [-0.4, -0.2) is 28.0 Å². The predicted molar refractivity (Wildman–Crippen MR) is 113 cm³/mol. The molecule has 148 valence electrons. The lowest BCUT2D eigenvalue weighted by Crippen LogP contribution is -2.54. The second kappa shape index (κ2) is 11.1. The van der Waals surface area contributed by atoms with Crippen molar-refractivity contribution in [2.75, 3.05) is 0 Å². The molecule has 1 heterocycles. The lowest BCUT2D eigenvalue weighted by Gasteiger charge is -2.48. The Hall–Kier alpha value is -0.660. The van der Waals surface area contributed by atoms with Gasteiger partial charge < -0.3 is 9.80 Å². The van der Waals surface area contributed by atoms with Crippen molar-refractivity contribution in [3.05, 3.63) is 12.4 Å². The average Bonchev–Trinajstić information content (AvgIpc) is 3.02. The molecule has 0 radical (unpaired) electrons. The number of nitrogens with zero attached hydrogens (tertiary/aromatic N) is 2. The Kier molecular flexibility index (Phi) is 9.97. The summed E-state index contributed by atoms with van der Waals surface area (Å²) in [6, 6.07) is 1.13. The molecule has 0 aromatic carbocycles. The van der Waals surface area contributed by atoms with Gasteiger partial charge in [-0.15, -0.1) is 0 Å². The Morgan fingerprint density at radius 2 is 1.12 bits per heavy atom. The highest BCUT2D eigenvalue weighted by Gasteiger charge is 2.43. The van der Waals surface area contributed by atoms with Crippen LogP contribution < -0.4 is 0 Å². The van der Waals surface area contributed by atoms with E-state index in [1.807, 2.05) is 0 Å². The molecule has 0 aliphatic carbocycles. The van der Waals surface area contributed by atoms with Gasteiger partial charge in [0, 0.05) is 29.9 Å². The molecule has 0 bridgehead atoms. The minimum absolute atomic E-state index is 0.375. The standard InChI is InChI=1S/C23H46N2/c1-8-10-12-14-16-23(7,17-15-13-11-9-2)22-24(20(3)4)18-19-25(22)21(5)6/h18-22H,8-17H2,1-7H3. The third-order valence-electron chi connectivity index (χ3n) is 5.99. The summed E-state index contributed by atoms with van der Waals surface area (Å²) in [6.45, 7) is 16.6. The summed E-state index contributed by atoms with van der Waals surface area (Å²) in [6.07, 6.45) is 18.9. The van der Waals surface area contributed by atoms with Gasteiger partial charge in [-0.2, -0.15) is 0 Å². The molecule has 0 fully saturated rings. The Labute approximate surface area is 159 Å². The summed E-state index contributed by atoms with van der Waals surface area (Å²) in [7, 11) is 0. The van der Waals surface area contributed by atoms with Crippen molar-refractivity contribution in [1.82, 2.24) is 9.80 Å². The molecule has 0 aromatic heterocycles. The second-order valence-corrected chi connectivity index (χ2v) is 9.03. The Morgan fingerprint density at radius 3 is 1.44 bits per heavy atom. The highest BCUT2D eigenvalue weighted by Crippen LogP contribution is 2.42. The molecule has 2 heteroatoms. The molecule has 0 saturated heterocycles. The SMILES string of the molecule is CCCCCCC(C)(CCCCCC)C1N(C(C)C)C=CN1C(C)C. The molecule has 1 aliphatic heterocycles. The zero-order valence-corrected chi connectivity index (χ0v) is 18.4. The van der Waals surface area contributed by atoms with Crippen LogP contribution in [-0.2, 0) is 0 Å². The monoisotopic (exact) mass is 350 g/mol. The highest BCUT2D eigenvalue weighted by atomic mass is 15.4. The summed E-state index contributed by atoms with van der Waals surface area (Å²) >= 11 is 0. The smallest absolute Gasteiger partial charge is 0.107 e. The van der Waals surface area contributed by atoms with E-state index >= 15 is 0 Å². The fourth-order valence-electron chi connectivity index (χ4n) is 4.39. The maximum absolute atomic E-state index is 2.62. The van der Waals surface area contributed by atoms with Gasteiger partial charge in [0.15, 0.2) is 0 Å². The minimum atomic E-state index is 0.375. The summed E-state index contributed by atoms with van der Waals surface area (Å²) in [5.74, 6) is 0. The molecule has 0 saturated carbocycles. The van der Waals surface area contributed by atoms with Gasteiger partial charge in [0.25, 0.3) is 0 Å². The molecule has 0 aromatic rings. The zero-order valence-electron chi connectivity index (χ0n) is 18.4.